The molecule has 0 aromatic heterocycles. The molecule has 0 saturated heterocycles. The summed E-state index contributed by atoms with van der Waals surface area (Å²) < 4.78 is 12.2. The van der Waals surface area contributed by atoms with Crippen molar-refractivity contribution in [1.82, 2.24) is 0 Å². The number of nitro benzene ring substituents is 1. The summed E-state index contributed by atoms with van der Waals surface area (Å²) in [5.74, 6) is 0. The molecule has 1 unspecified atom stereocenters. The summed E-state index contributed by atoms with van der Waals surface area (Å²) in [6.07, 6.45) is 2.64. The highest BCUT2D eigenvalue weighted by Gasteiger charge is 2.24. The van der Waals surface area contributed by atoms with Crippen molar-refractivity contribution in [3.8, 4) is 0 Å². The van der Waals surface area contributed by atoms with Gasteiger partial charge in [-0.05, 0) is 18.6 Å². The van der Waals surface area contributed by atoms with Crippen LogP contribution in [-0.4, -0.2) is 23.0 Å². The number of nitro groups is 1. The maximum Gasteiger partial charge on any atom is 0.293 e. The number of rotatable bonds is 7. The first-order chi connectivity index (χ1) is 8.92. The zero-order valence-electron chi connectivity index (χ0n) is 11.1. The fraction of sp³-hybridized carbons (Fsp3) is 0.500. The lowest BCUT2D eigenvalue weighted by Crippen LogP contribution is -2.10. The molecule has 1 atom stereocenters. The van der Waals surface area contributed by atoms with E-state index in [1.54, 1.807) is 7.05 Å². The number of unbranched alkanes of at least 4 members (excludes halogenated alkanes) is 2. The van der Waals surface area contributed by atoms with E-state index >= 15 is 0 Å². The standard InChI is InChI=1S/C12H19N2O4P/c1-3-4-5-8-19(17,18)10-6-7-11(13-2)12(9-10)14(15)16/h6-7,9,13H,3-5,8H2,1-2H3,(H,17,18). The first-order valence-corrected chi connectivity index (χ1v) is 8.05. The van der Waals surface area contributed by atoms with E-state index in [4.69, 9.17) is 0 Å². The van der Waals surface area contributed by atoms with Crippen LogP contribution in [-0.2, 0) is 4.57 Å². The summed E-state index contributed by atoms with van der Waals surface area (Å²) in [4.78, 5) is 20.4. The second-order valence-corrected chi connectivity index (χ2v) is 6.71. The molecular formula is C12H19N2O4P. The molecule has 19 heavy (non-hydrogen) atoms. The Hall–Kier alpha value is -1.39. The third kappa shape index (κ3) is 4.04. The maximum absolute atomic E-state index is 12.2. The molecule has 0 bridgehead atoms. The molecule has 106 valence electrons. The fourth-order valence-electron chi connectivity index (χ4n) is 1.81. The average Bonchev–Trinajstić information content (AvgIpc) is 2.38. The predicted molar refractivity (Wildman–Crippen MR) is 76.5 cm³/mol. The molecule has 0 radical (unpaired) electrons. The molecule has 0 amide bonds. The van der Waals surface area contributed by atoms with Crippen LogP contribution >= 0.6 is 7.37 Å². The molecule has 1 aromatic rings. The lowest BCUT2D eigenvalue weighted by Gasteiger charge is -2.12. The Labute approximate surface area is 112 Å². The molecule has 0 spiro atoms. The molecule has 1 rings (SSSR count). The molecule has 1 aromatic carbocycles. The van der Waals surface area contributed by atoms with Gasteiger partial charge in [0.1, 0.15) is 5.69 Å². The molecule has 0 heterocycles. The highest BCUT2D eigenvalue weighted by atomic mass is 31.2. The van der Waals surface area contributed by atoms with Crippen molar-refractivity contribution in [2.24, 2.45) is 0 Å². The molecular weight excluding hydrogens is 267 g/mol. The number of hydrogen-bond acceptors (Lipinski definition) is 4. The largest absolute Gasteiger partial charge is 0.383 e. The highest BCUT2D eigenvalue weighted by Crippen LogP contribution is 2.42. The van der Waals surface area contributed by atoms with Crippen molar-refractivity contribution >= 4 is 24.0 Å². The second-order valence-electron chi connectivity index (χ2n) is 4.34. The van der Waals surface area contributed by atoms with Gasteiger partial charge in [0.15, 0.2) is 0 Å². The summed E-state index contributed by atoms with van der Waals surface area (Å²) in [6, 6.07) is 4.14. The van der Waals surface area contributed by atoms with E-state index in [2.05, 4.69) is 5.32 Å². The summed E-state index contributed by atoms with van der Waals surface area (Å²) in [7, 11) is -1.93. The number of nitrogens with one attached hydrogen (secondary N) is 1. The number of nitrogens with zero attached hydrogens (tertiary/aromatic N) is 1. The third-order valence-corrected chi connectivity index (χ3v) is 4.92. The SMILES string of the molecule is CCCCCP(=O)(O)c1ccc(NC)c([N+](=O)[O-])c1. The quantitative estimate of drug-likeness (QED) is 0.348. The number of hydrogen-bond donors (Lipinski definition) is 2. The Morgan fingerprint density at radius 2 is 2.11 bits per heavy atom. The van der Waals surface area contributed by atoms with Crippen LogP contribution in [0.2, 0.25) is 0 Å². The Kier molecular flexibility index (Phi) is 5.51. The molecule has 0 fully saturated rings. The molecule has 6 nitrogen and oxygen atoms in total. The third-order valence-electron chi connectivity index (χ3n) is 2.92. The fourth-order valence-corrected chi connectivity index (χ4v) is 3.35. The van der Waals surface area contributed by atoms with Crippen LogP contribution in [0.5, 0.6) is 0 Å². The lowest BCUT2D eigenvalue weighted by atomic mass is 10.3. The zero-order chi connectivity index (χ0) is 14.5. The lowest BCUT2D eigenvalue weighted by molar-refractivity contribution is -0.383. The van der Waals surface area contributed by atoms with E-state index in [9.17, 15) is 19.6 Å². The van der Waals surface area contributed by atoms with Gasteiger partial charge in [-0.1, -0.05) is 19.8 Å². The van der Waals surface area contributed by atoms with E-state index in [0.717, 1.165) is 12.8 Å². The van der Waals surface area contributed by atoms with Gasteiger partial charge in [0, 0.05) is 24.6 Å². The van der Waals surface area contributed by atoms with Crippen molar-refractivity contribution < 1.29 is 14.4 Å². The van der Waals surface area contributed by atoms with Crippen molar-refractivity contribution in [1.29, 1.82) is 0 Å². The van der Waals surface area contributed by atoms with Crippen molar-refractivity contribution in [3.05, 3.63) is 28.3 Å². The van der Waals surface area contributed by atoms with Crippen molar-refractivity contribution in [3.63, 3.8) is 0 Å². The van der Waals surface area contributed by atoms with Gasteiger partial charge in [0.2, 0.25) is 7.37 Å². The Morgan fingerprint density at radius 3 is 2.63 bits per heavy atom. The molecule has 2 N–H and O–H groups in total. The second kappa shape index (κ2) is 6.68. The highest BCUT2D eigenvalue weighted by molar-refractivity contribution is 7.66. The van der Waals surface area contributed by atoms with Gasteiger partial charge in [-0.3, -0.25) is 14.7 Å². The van der Waals surface area contributed by atoms with Gasteiger partial charge in [0.05, 0.1) is 4.92 Å². The van der Waals surface area contributed by atoms with Crippen LogP contribution in [0.1, 0.15) is 26.2 Å². The topological polar surface area (TPSA) is 92.5 Å². The molecule has 0 saturated carbocycles. The van der Waals surface area contributed by atoms with Crippen molar-refractivity contribution in [2.75, 3.05) is 18.5 Å². The minimum atomic E-state index is -3.50. The summed E-state index contributed by atoms with van der Waals surface area (Å²) in [6.45, 7) is 2.01. The van der Waals surface area contributed by atoms with Gasteiger partial charge < -0.3 is 10.2 Å². The monoisotopic (exact) mass is 286 g/mol. The van der Waals surface area contributed by atoms with Gasteiger partial charge in [-0.15, -0.1) is 0 Å². The van der Waals surface area contributed by atoms with Crippen LogP contribution < -0.4 is 10.6 Å². The van der Waals surface area contributed by atoms with E-state index < -0.39 is 12.3 Å². The number of benzene rings is 1. The predicted octanol–water partition coefficient (Wildman–Crippen LogP) is 2.72. The van der Waals surface area contributed by atoms with Crippen molar-refractivity contribution in [2.45, 2.75) is 26.2 Å². The summed E-state index contributed by atoms with van der Waals surface area (Å²) in [5, 5.41) is 13.8. The normalized spacial score (nSPS) is 13.8. The Balaban J connectivity index is 3.04. The van der Waals surface area contributed by atoms with Crippen LogP contribution in [0, 0.1) is 10.1 Å². The molecule has 0 aliphatic carbocycles. The van der Waals surface area contributed by atoms with Gasteiger partial charge in [-0.2, -0.15) is 0 Å². The minimum absolute atomic E-state index is 0.148. The van der Waals surface area contributed by atoms with Gasteiger partial charge in [-0.25, -0.2) is 0 Å². The molecule has 7 heteroatoms. The Morgan fingerprint density at radius 1 is 1.42 bits per heavy atom. The van der Waals surface area contributed by atoms with Gasteiger partial charge in [0.25, 0.3) is 5.69 Å². The zero-order valence-corrected chi connectivity index (χ0v) is 12.0. The first kappa shape index (κ1) is 15.7. The van der Waals surface area contributed by atoms with E-state index in [1.165, 1.54) is 18.2 Å². The molecule has 0 aliphatic heterocycles. The van der Waals surface area contributed by atoms with E-state index in [0.29, 0.717) is 12.1 Å². The Bertz CT molecular complexity index is 505. The van der Waals surface area contributed by atoms with Crippen LogP contribution in [0.3, 0.4) is 0 Å². The first-order valence-electron chi connectivity index (χ1n) is 6.21. The van der Waals surface area contributed by atoms with E-state index in [-0.39, 0.29) is 17.2 Å². The number of anilines is 1. The van der Waals surface area contributed by atoms with Crippen LogP contribution in [0.25, 0.3) is 0 Å². The summed E-state index contributed by atoms with van der Waals surface area (Å²) in [5.41, 5.74) is 0.159. The average molecular weight is 286 g/mol. The maximum atomic E-state index is 12.2. The summed E-state index contributed by atoms with van der Waals surface area (Å²) >= 11 is 0. The minimum Gasteiger partial charge on any atom is -0.383 e. The molecule has 0 aliphatic rings. The van der Waals surface area contributed by atoms with Gasteiger partial charge >= 0.3 is 0 Å². The van der Waals surface area contributed by atoms with Crippen LogP contribution in [0.4, 0.5) is 11.4 Å². The smallest absolute Gasteiger partial charge is 0.293 e. The van der Waals surface area contributed by atoms with E-state index in [1.807, 2.05) is 6.92 Å². The van der Waals surface area contributed by atoms with Crippen LogP contribution in [0.15, 0.2) is 18.2 Å².